The molecule has 0 fully saturated rings. The van der Waals surface area contributed by atoms with E-state index in [1.54, 1.807) is 25.9 Å². The number of amides is 1. The minimum Gasteiger partial charge on any atom is -0.497 e. The number of benzene rings is 2. The molecular formula is C16H19NO2S. The zero-order chi connectivity index (χ0) is 14.5. The first-order valence-electron chi connectivity index (χ1n) is 6.54. The Hall–Kier alpha value is -1.68. The van der Waals surface area contributed by atoms with Crippen LogP contribution in [0.5, 0.6) is 5.75 Å². The van der Waals surface area contributed by atoms with Crippen molar-refractivity contribution >= 4 is 28.4 Å². The molecule has 0 aliphatic rings. The molecule has 20 heavy (non-hydrogen) atoms. The highest BCUT2D eigenvalue weighted by Crippen LogP contribution is 2.31. The maximum Gasteiger partial charge on any atom is 0.229 e. The fraction of sp³-hybridized carbons (Fsp3) is 0.312. The average Bonchev–Trinajstić information content (AvgIpc) is 2.50. The largest absolute Gasteiger partial charge is 0.497 e. The van der Waals surface area contributed by atoms with E-state index in [9.17, 15) is 4.79 Å². The quantitative estimate of drug-likeness (QED) is 0.917. The highest BCUT2D eigenvalue weighted by Gasteiger charge is 2.09. The van der Waals surface area contributed by atoms with Crippen LogP contribution in [0.3, 0.4) is 0 Å². The van der Waals surface area contributed by atoms with Gasteiger partial charge in [0.1, 0.15) is 5.75 Å². The lowest BCUT2D eigenvalue weighted by Crippen LogP contribution is -2.20. The molecular weight excluding hydrogens is 270 g/mol. The molecule has 1 amide bonds. The first-order valence-corrected chi connectivity index (χ1v) is 7.59. The van der Waals surface area contributed by atoms with Gasteiger partial charge in [-0.05, 0) is 35.4 Å². The van der Waals surface area contributed by atoms with Crippen molar-refractivity contribution in [3.05, 3.63) is 42.0 Å². The van der Waals surface area contributed by atoms with Gasteiger partial charge in [0.15, 0.2) is 0 Å². The molecule has 0 aliphatic carbocycles. The van der Waals surface area contributed by atoms with E-state index in [-0.39, 0.29) is 5.91 Å². The Balaban J connectivity index is 2.16. The monoisotopic (exact) mass is 289 g/mol. The van der Waals surface area contributed by atoms with Gasteiger partial charge >= 0.3 is 0 Å². The highest BCUT2D eigenvalue weighted by atomic mass is 32.2. The van der Waals surface area contributed by atoms with Crippen LogP contribution in [0.25, 0.3) is 10.8 Å². The number of nitrogens with one attached hydrogen (secondary N) is 1. The number of fused-ring (bicyclic) bond motifs is 1. The van der Waals surface area contributed by atoms with E-state index in [0.29, 0.717) is 11.0 Å². The third kappa shape index (κ3) is 3.45. The molecule has 0 aromatic heterocycles. The summed E-state index contributed by atoms with van der Waals surface area (Å²) in [6.07, 6.45) is 0. The van der Waals surface area contributed by atoms with Gasteiger partial charge in [-0.1, -0.05) is 24.3 Å². The predicted molar refractivity (Wildman–Crippen MR) is 85.4 cm³/mol. The van der Waals surface area contributed by atoms with Crippen molar-refractivity contribution in [2.24, 2.45) is 0 Å². The van der Waals surface area contributed by atoms with Gasteiger partial charge in [-0.25, -0.2) is 0 Å². The summed E-state index contributed by atoms with van der Waals surface area (Å²) in [6.45, 7) is 2.12. The van der Waals surface area contributed by atoms with Crippen molar-refractivity contribution in [1.29, 1.82) is 0 Å². The van der Waals surface area contributed by atoms with Gasteiger partial charge in [0, 0.05) is 12.3 Å². The van der Waals surface area contributed by atoms with Crippen molar-refractivity contribution in [2.45, 2.75) is 12.2 Å². The Morgan fingerprint density at radius 1 is 1.25 bits per heavy atom. The van der Waals surface area contributed by atoms with Crippen LogP contribution in [0.4, 0.5) is 0 Å². The third-order valence-electron chi connectivity index (χ3n) is 3.28. The average molecular weight is 289 g/mol. The van der Waals surface area contributed by atoms with Crippen LogP contribution in [0.15, 0.2) is 36.4 Å². The third-order valence-corrected chi connectivity index (χ3v) is 4.49. The van der Waals surface area contributed by atoms with E-state index in [0.717, 1.165) is 11.1 Å². The zero-order valence-corrected chi connectivity index (χ0v) is 12.8. The Morgan fingerprint density at radius 2 is 1.95 bits per heavy atom. The molecule has 0 bridgehead atoms. The SMILES string of the molecule is CNC(=O)CS[C@H](C)c1ccc2cc(OC)ccc2c1. The smallest absolute Gasteiger partial charge is 0.229 e. The Morgan fingerprint density at radius 3 is 2.65 bits per heavy atom. The van der Waals surface area contributed by atoms with Gasteiger partial charge in [0.05, 0.1) is 12.9 Å². The van der Waals surface area contributed by atoms with E-state index < -0.39 is 0 Å². The van der Waals surface area contributed by atoms with Crippen molar-refractivity contribution in [3.8, 4) is 5.75 Å². The van der Waals surface area contributed by atoms with Gasteiger partial charge in [-0.2, -0.15) is 0 Å². The molecule has 0 aliphatic heterocycles. The van der Waals surface area contributed by atoms with E-state index in [1.165, 1.54) is 10.9 Å². The number of ether oxygens (including phenoxy) is 1. The second kappa shape index (κ2) is 6.66. The molecule has 0 spiro atoms. The summed E-state index contributed by atoms with van der Waals surface area (Å²) in [5.41, 5.74) is 1.23. The molecule has 2 aromatic rings. The molecule has 4 heteroatoms. The maximum atomic E-state index is 11.3. The second-order valence-corrected chi connectivity index (χ2v) is 5.93. The van der Waals surface area contributed by atoms with E-state index in [2.05, 4.69) is 36.5 Å². The first kappa shape index (κ1) is 14.7. The van der Waals surface area contributed by atoms with Crippen molar-refractivity contribution < 1.29 is 9.53 Å². The number of rotatable bonds is 5. The number of hydrogen-bond acceptors (Lipinski definition) is 3. The molecule has 0 saturated heterocycles. The molecule has 3 nitrogen and oxygen atoms in total. The summed E-state index contributed by atoms with van der Waals surface area (Å²) in [4.78, 5) is 11.3. The lowest BCUT2D eigenvalue weighted by Gasteiger charge is -2.12. The van der Waals surface area contributed by atoms with Crippen LogP contribution in [0, 0.1) is 0 Å². The summed E-state index contributed by atoms with van der Waals surface area (Å²) in [5, 5.41) is 5.28. The van der Waals surface area contributed by atoms with Crippen molar-refractivity contribution in [3.63, 3.8) is 0 Å². The van der Waals surface area contributed by atoms with E-state index in [4.69, 9.17) is 4.74 Å². The van der Waals surface area contributed by atoms with Gasteiger partial charge in [-0.3, -0.25) is 4.79 Å². The summed E-state index contributed by atoms with van der Waals surface area (Å²) < 4.78 is 5.23. The van der Waals surface area contributed by atoms with Crippen LogP contribution in [0.1, 0.15) is 17.7 Å². The maximum absolute atomic E-state index is 11.3. The molecule has 2 rings (SSSR count). The van der Waals surface area contributed by atoms with Crippen molar-refractivity contribution in [1.82, 2.24) is 5.32 Å². The Kier molecular flexibility index (Phi) is 4.90. The van der Waals surface area contributed by atoms with Crippen LogP contribution in [0.2, 0.25) is 0 Å². The Bertz CT molecular complexity index is 612. The van der Waals surface area contributed by atoms with Crippen molar-refractivity contribution in [2.75, 3.05) is 19.9 Å². The topological polar surface area (TPSA) is 38.3 Å². The normalized spacial score (nSPS) is 12.2. The lowest BCUT2D eigenvalue weighted by atomic mass is 10.1. The molecule has 2 aromatic carbocycles. The standard InChI is InChI=1S/C16H19NO2S/c1-11(20-10-16(18)17-2)12-4-5-14-9-15(19-3)7-6-13(14)8-12/h4-9,11H,10H2,1-3H3,(H,17,18)/t11-/m1/s1. The number of carbonyl (C=O) groups excluding carboxylic acids is 1. The summed E-state index contributed by atoms with van der Waals surface area (Å²) in [7, 11) is 3.34. The summed E-state index contributed by atoms with van der Waals surface area (Å²) in [5.74, 6) is 1.41. The first-order chi connectivity index (χ1) is 9.63. The number of hydrogen-bond donors (Lipinski definition) is 1. The van der Waals surface area contributed by atoms with Crippen LogP contribution in [-0.4, -0.2) is 25.8 Å². The van der Waals surface area contributed by atoms with Gasteiger partial charge < -0.3 is 10.1 Å². The molecule has 0 saturated carbocycles. The molecule has 0 heterocycles. The van der Waals surface area contributed by atoms with Crippen LogP contribution < -0.4 is 10.1 Å². The summed E-state index contributed by atoms with van der Waals surface area (Å²) >= 11 is 1.64. The molecule has 0 unspecified atom stereocenters. The van der Waals surface area contributed by atoms with Gasteiger partial charge in [-0.15, -0.1) is 11.8 Å². The van der Waals surface area contributed by atoms with Crippen LogP contribution in [-0.2, 0) is 4.79 Å². The molecule has 0 radical (unpaired) electrons. The number of carbonyl (C=O) groups is 1. The van der Waals surface area contributed by atoms with E-state index >= 15 is 0 Å². The molecule has 1 atom stereocenters. The second-order valence-electron chi connectivity index (χ2n) is 4.60. The fourth-order valence-electron chi connectivity index (χ4n) is 1.99. The molecule has 106 valence electrons. The number of methoxy groups -OCH3 is 1. The van der Waals surface area contributed by atoms with E-state index in [1.807, 2.05) is 12.1 Å². The Labute approximate surface area is 123 Å². The molecule has 1 N–H and O–H groups in total. The minimum atomic E-state index is 0.0624. The fourth-order valence-corrected chi connectivity index (χ4v) is 2.88. The van der Waals surface area contributed by atoms with Gasteiger partial charge in [0.25, 0.3) is 0 Å². The highest BCUT2D eigenvalue weighted by molar-refractivity contribution is 8.00. The van der Waals surface area contributed by atoms with Crippen LogP contribution >= 0.6 is 11.8 Å². The lowest BCUT2D eigenvalue weighted by molar-refractivity contribution is -0.118. The minimum absolute atomic E-state index is 0.0624. The van der Waals surface area contributed by atoms with Gasteiger partial charge in [0.2, 0.25) is 5.91 Å². The predicted octanol–water partition coefficient (Wildman–Crippen LogP) is 3.39. The number of thioether (sulfide) groups is 1. The summed E-state index contributed by atoms with van der Waals surface area (Å²) in [6, 6.07) is 12.5. The zero-order valence-electron chi connectivity index (χ0n) is 12.0.